The third-order valence-electron chi connectivity index (χ3n) is 2.79. The summed E-state index contributed by atoms with van der Waals surface area (Å²) in [6.07, 6.45) is 9.29. The first-order valence-electron chi connectivity index (χ1n) is 5.49. The zero-order valence-electron chi connectivity index (χ0n) is 9.07. The maximum absolute atomic E-state index is 11.1. The number of hydrogen-bond acceptors (Lipinski definition) is 2. The van der Waals surface area contributed by atoms with Crippen molar-refractivity contribution in [1.29, 1.82) is 0 Å². The summed E-state index contributed by atoms with van der Waals surface area (Å²) in [5.74, 6) is 0.364. The van der Waals surface area contributed by atoms with E-state index in [1.54, 1.807) is 0 Å². The normalized spacial score (nSPS) is 16.6. The number of allylic oxidation sites excluding steroid dienone is 2. The van der Waals surface area contributed by atoms with Crippen molar-refractivity contribution < 1.29 is 4.79 Å². The van der Waals surface area contributed by atoms with E-state index in [2.05, 4.69) is 24.3 Å². The Morgan fingerprint density at radius 1 is 1.47 bits per heavy atom. The van der Waals surface area contributed by atoms with Gasteiger partial charge in [0, 0.05) is 25.6 Å². The Bertz CT molecular complexity index is 390. The molecule has 0 saturated carbocycles. The van der Waals surface area contributed by atoms with Gasteiger partial charge in [0.2, 0.25) is 0 Å². The van der Waals surface area contributed by atoms with E-state index in [1.165, 1.54) is 11.1 Å². The molecule has 2 rings (SSSR count). The first kappa shape index (κ1) is 10.1. The van der Waals surface area contributed by atoms with Crippen molar-refractivity contribution in [1.82, 2.24) is 9.78 Å². The van der Waals surface area contributed by atoms with Crippen molar-refractivity contribution in [3.05, 3.63) is 29.6 Å². The largest absolute Gasteiger partial charge is 0.299 e. The van der Waals surface area contributed by atoms with Crippen LogP contribution in [0.15, 0.2) is 24.0 Å². The summed E-state index contributed by atoms with van der Waals surface area (Å²) in [7, 11) is 0. The lowest BCUT2D eigenvalue weighted by molar-refractivity contribution is -0.118. The summed E-state index contributed by atoms with van der Waals surface area (Å²) in [6.45, 7) is 2.99. The lowest BCUT2D eigenvalue weighted by Gasteiger charge is -2.10. The fraction of sp³-hybridized carbons (Fsp3) is 0.500. The van der Waals surface area contributed by atoms with E-state index in [0.717, 1.165) is 19.4 Å². The Morgan fingerprint density at radius 3 is 2.93 bits per heavy atom. The van der Waals surface area contributed by atoms with Crippen LogP contribution in [0.3, 0.4) is 0 Å². The highest BCUT2D eigenvalue weighted by Crippen LogP contribution is 2.18. The molecule has 0 atom stereocenters. The van der Waals surface area contributed by atoms with Crippen LogP contribution in [0.5, 0.6) is 0 Å². The monoisotopic (exact) mass is 204 g/mol. The maximum atomic E-state index is 11.1. The van der Waals surface area contributed by atoms with Crippen LogP contribution in [0.2, 0.25) is 0 Å². The van der Waals surface area contributed by atoms with E-state index in [1.807, 2.05) is 10.9 Å². The number of nitrogens with zero attached hydrogens (tertiary/aromatic N) is 2. The average molecular weight is 204 g/mol. The minimum absolute atomic E-state index is 0.364. The van der Waals surface area contributed by atoms with Gasteiger partial charge in [-0.25, -0.2) is 0 Å². The molecule has 3 heteroatoms. The van der Waals surface area contributed by atoms with Gasteiger partial charge in [-0.3, -0.25) is 9.48 Å². The first-order chi connectivity index (χ1) is 7.28. The number of aryl methyl sites for hydroxylation is 1. The molecule has 1 aromatic heterocycles. The third-order valence-corrected chi connectivity index (χ3v) is 2.79. The molecule has 0 amide bonds. The van der Waals surface area contributed by atoms with E-state index in [4.69, 9.17) is 0 Å². The molecule has 1 aliphatic rings. The molecule has 0 unspecified atom stereocenters. The van der Waals surface area contributed by atoms with E-state index < -0.39 is 0 Å². The molecule has 80 valence electrons. The molecule has 1 aromatic rings. The van der Waals surface area contributed by atoms with Gasteiger partial charge in [-0.2, -0.15) is 5.10 Å². The standard InChI is InChI=1S/C12H16N2O/c1-2-14-9-11(8-13-14)7-10-3-5-12(15)6-4-10/h3,8-9H,2,4-7H2,1H3. The molecule has 0 N–H and O–H groups in total. The quantitative estimate of drug-likeness (QED) is 0.707. The maximum Gasteiger partial charge on any atom is 0.136 e. The summed E-state index contributed by atoms with van der Waals surface area (Å²) >= 11 is 0. The Labute approximate surface area is 89.8 Å². The zero-order chi connectivity index (χ0) is 10.7. The molecule has 1 aliphatic carbocycles. The minimum atomic E-state index is 0.364. The molecule has 0 aliphatic heterocycles. The Morgan fingerprint density at radius 2 is 2.33 bits per heavy atom. The minimum Gasteiger partial charge on any atom is -0.299 e. The molecular formula is C12H16N2O. The van der Waals surface area contributed by atoms with Crippen molar-refractivity contribution in [2.75, 3.05) is 0 Å². The van der Waals surface area contributed by atoms with Crippen molar-refractivity contribution in [3.63, 3.8) is 0 Å². The molecule has 0 saturated heterocycles. The second kappa shape index (κ2) is 4.43. The van der Waals surface area contributed by atoms with Crippen LogP contribution in [0.4, 0.5) is 0 Å². The van der Waals surface area contributed by atoms with Crippen molar-refractivity contribution in [2.45, 2.75) is 39.2 Å². The van der Waals surface area contributed by atoms with Crippen LogP contribution in [0.1, 0.15) is 31.7 Å². The second-order valence-electron chi connectivity index (χ2n) is 3.99. The average Bonchev–Trinajstić information content (AvgIpc) is 2.69. The molecule has 0 fully saturated rings. The van der Waals surface area contributed by atoms with E-state index >= 15 is 0 Å². The molecule has 0 radical (unpaired) electrons. The van der Waals surface area contributed by atoms with Gasteiger partial charge in [-0.05, 0) is 25.3 Å². The van der Waals surface area contributed by atoms with Gasteiger partial charge in [0.1, 0.15) is 5.78 Å². The summed E-state index contributed by atoms with van der Waals surface area (Å²) in [6, 6.07) is 0. The Hall–Kier alpha value is -1.38. The number of rotatable bonds is 3. The van der Waals surface area contributed by atoms with Gasteiger partial charge in [-0.15, -0.1) is 0 Å². The SMILES string of the molecule is CCn1cc(CC2=CCC(=O)CC2)cn1. The lowest BCUT2D eigenvalue weighted by atomic mass is 9.94. The van der Waals surface area contributed by atoms with Crippen LogP contribution >= 0.6 is 0 Å². The molecule has 3 nitrogen and oxygen atoms in total. The molecule has 15 heavy (non-hydrogen) atoms. The van der Waals surface area contributed by atoms with Gasteiger partial charge in [0.25, 0.3) is 0 Å². The van der Waals surface area contributed by atoms with E-state index in [9.17, 15) is 4.79 Å². The molecule has 0 spiro atoms. The van der Waals surface area contributed by atoms with Crippen molar-refractivity contribution in [2.24, 2.45) is 0 Å². The summed E-state index contributed by atoms with van der Waals surface area (Å²) in [5, 5.41) is 4.24. The van der Waals surface area contributed by atoms with Crippen LogP contribution in [0, 0.1) is 0 Å². The predicted molar refractivity (Wildman–Crippen MR) is 58.5 cm³/mol. The highest BCUT2D eigenvalue weighted by Gasteiger charge is 2.11. The zero-order valence-corrected chi connectivity index (χ0v) is 9.07. The topological polar surface area (TPSA) is 34.9 Å². The summed E-state index contributed by atoms with van der Waals surface area (Å²) in [4.78, 5) is 11.1. The number of aromatic nitrogens is 2. The Kier molecular flexibility index (Phi) is 2.99. The van der Waals surface area contributed by atoms with Gasteiger partial charge in [-0.1, -0.05) is 11.6 Å². The van der Waals surface area contributed by atoms with Gasteiger partial charge in [0.15, 0.2) is 0 Å². The van der Waals surface area contributed by atoms with Gasteiger partial charge >= 0.3 is 0 Å². The lowest BCUT2D eigenvalue weighted by Crippen LogP contribution is -2.04. The second-order valence-corrected chi connectivity index (χ2v) is 3.99. The molecular weight excluding hydrogens is 188 g/mol. The number of carbonyl (C=O) groups excluding carboxylic acids is 1. The van der Waals surface area contributed by atoms with Crippen molar-refractivity contribution >= 4 is 5.78 Å². The fourth-order valence-corrected chi connectivity index (χ4v) is 1.86. The van der Waals surface area contributed by atoms with E-state index in [0.29, 0.717) is 18.6 Å². The number of ketones is 1. The molecule has 0 aromatic carbocycles. The van der Waals surface area contributed by atoms with E-state index in [-0.39, 0.29) is 0 Å². The predicted octanol–water partition coefficient (Wildman–Crippen LogP) is 2.12. The summed E-state index contributed by atoms with van der Waals surface area (Å²) < 4.78 is 1.93. The molecule has 1 heterocycles. The third kappa shape index (κ3) is 2.55. The highest BCUT2D eigenvalue weighted by atomic mass is 16.1. The van der Waals surface area contributed by atoms with Crippen LogP contribution in [0.25, 0.3) is 0 Å². The smallest absolute Gasteiger partial charge is 0.136 e. The molecule has 0 bridgehead atoms. The number of Topliss-reactive ketones (excluding diaryl/α,β-unsaturated/α-hetero) is 1. The Balaban J connectivity index is 1.99. The number of hydrogen-bond donors (Lipinski definition) is 0. The number of carbonyl (C=O) groups is 1. The van der Waals surface area contributed by atoms with Crippen LogP contribution < -0.4 is 0 Å². The first-order valence-corrected chi connectivity index (χ1v) is 5.49. The highest BCUT2D eigenvalue weighted by molar-refractivity contribution is 5.81. The van der Waals surface area contributed by atoms with Crippen LogP contribution in [-0.4, -0.2) is 15.6 Å². The van der Waals surface area contributed by atoms with Gasteiger partial charge in [0.05, 0.1) is 6.20 Å². The fourth-order valence-electron chi connectivity index (χ4n) is 1.86. The van der Waals surface area contributed by atoms with Gasteiger partial charge < -0.3 is 0 Å². The van der Waals surface area contributed by atoms with Crippen molar-refractivity contribution in [3.8, 4) is 0 Å². The van der Waals surface area contributed by atoms with Crippen LogP contribution in [-0.2, 0) is 17.8 Å². The summed E-state index contributed by atoms with van der Waals surface area (Å²) in [5.41, 5.74) is 2.63.